The first kappa shape index (κ1) is 16.0. The molecule has 25 heavy (non-hydrogen) atoms. The summed E-state index contributed by atoms with van der Waals surface area (Å²) in [5.74, 6) is 0.928. The van der Waals surface area contributed by atoms with Gasteiger partial charge in [0, 0.05) is 42.5 Å². The minimum absolute atomic E-state index is 0.664. The maximum Gasteiger partial charge on any atom is 0.209 e. The maximum atomic E-state index is 11.1. The van der Waals surface area contributed by atoms with Crippen molar-refractivity contribution in [1.82, 2.24) is 9.80 Å². The van der Waals surface area contributed by atoms with Gasteiger partial charge in [0.1, 0.15) is 5.84 Å². The topological polar surface area (TPSA) is 47.9 Å². The van der Waals surface area contributed by atoms with E-state index in [2.05, 4.69) is 22.3 Å². The van der Waals surface area contributed by atoms with Gasteiger partial charge in [-0.05, 0) is 36.8 Å². The van der Waals surface area contributed by atoms with Crippen molar-refractivity contribution in [2.45, 2.75) is 6.42 Å². The second-order valence-electron chi connectivity index (χ2n) is 6.25. The number of carbonyl (C=O) groups is 1. The van der Waals surface area contributed by atoms with Crippen LogP contribution in [0.5, 0.6) is 0 Å². The molecule has 2 aromatic carbocycles. The van der Waals surface area contributed by atoms with Crippen molar-refractivity contribution in [3.05, 3.63) is 53.1 Å². The summed E-state index contributed by atoms with van der Waals surface area (Å²) in [6.07, 6.45) is 1.86. The molecule has 2 aliphatic rings. The fourth-order valence-corrected chi connectivity index (χ4v) is 3.47. The van der Waals surface area contributed by atoms with E-state index in [1.165, 1.54) is 0 Å². The van der Waals surface area contributed by atoms with Crippen LogP contribution in [-0.2, 0) is 4.79 Å². The van der Waals surface area contributed by atoms with E-state index in [0.717, 1.165) is 60.9 Å². The molecule has 5 nitrogen and oxygen atoms in total. The molecule has 1 saturated heterocycles. The Kier molecular flexibility index (Phi) is 4.32. The van der Waals surface area contributed by atoms with Crippen molar-refractivity contribution < 1.29 is 4.79 Å². The number of anilines is 2. The second kappa shape index (κ2) is 6.76. The zero-order chi connectivity index (χ0) is 17.2. The minimum atomic E-state index is 0.664. The number of hydrogen-bond donors (Lipinski definition) is 1. The summed E-state index contributed by atoms with van der Waals surface area (Å²) in [5.41, 5.74) is 3.86. The maximum absolute atomic E-state index is 11.1. The summed E-state index contributed by atoms with van der Waals surface area (Å²) in [7, 11) is 0. The highest BCUT2D eigenvalue weighted by atomic mass is 35.5. The van der Waals surface area contributed by atoms with Crippen LogP contribution >= 0.6 is 11.6 Å². The third-order valence-electron chi connectivity index (χ3n) is 4.60. The van der Waals surface area contributed by atoms with Gasteiger partial charge in [0.25, 0.3) is 0 Å². The van der Waals surface area contributed by atoms with E-state index in [4.69, 9.17) is 16.6 Å². The Bertz CT molecular complexity index is 836. The lowest BCUT2D eigenvalue weighted by Crippen LogP contribution is -2.35. The molecule has 128 valence electrons. The number of nitrogens with zero attached hydrogens (tertiary/aromatic N) is 3. The summed E-state index contributed by atoms with van der Waals surface area (Å²) in [6.45, 7) is 3.13. The van der Waals surface area contributed by atoms with Gasteiger partial charge in [-0.1, -0.05) is 23.7 Å². The molecule has 0 saturated carbocycles. The molecular weight excluding hydrogens is 336 g/mol. The van der Waals surface area contributed by atoms with E-state index in [1.54, 1.807) is 0 Å². The molecule has 0 radical (unpaired) electrons. The normalized spacial score (nSPS) is 16.8. The van der Waals surface area contributed by atoms with Crippen LogP contribution in [0.3, 0.4) is 0 Å². The van der Waals surface area contributed by atoms with Crippen LogP contribution in [0.15, 0.2) is 47.5 Å². The van der Waals surface area contributed by atoms with Gasteiger partial charge in [-0.3, -0.25) is 4.79 Å². The number of aliphatic imine (C=N–C) groups is 1. The van der Waals surface area contributed by atoms with E-state index in [0.29, 0.717) is 11.6 Å². The molecule has 1 amide bonds. The van der Waals surface area contributed by atoms with Crippen LogP contribution in [0.25, 0.3) is 0 Å². The van der Waals surface area contributed by atoms with Crippen molar-refractivity contribution in [3.63, 3.8) is 0 Å². The van der Waals surface area contributed by atoms with Crippen LogP contribution in [0.1, 0.15) is 12.0 Å². The molecule has 1 N–H and O–H groups in total. The molecule has 4 rings (SSSR count). The van der Waals surface area contributed by atoms with Gasteiger partial charge in [0.2, 0.25) is 6.41 Å². The molecular formula is C19H19ClN4O. The van der Waals surface area contributed by atoms with Crippen molar-refractivity contribution in [2.75, 3.05) is 31.5 Å². The molecule has 1 fully saturated rings. The highest BCUT2D eigenvalue weighted by molar-refractivity contribution is 6.31. The fourth-order valence-electron chi connectivity index (χ4n) is 3.31. The predicted octanol–water partition coefficient (Wildman–Crippen LogP) is 3.64. The fraction of sp³-hybridized carbons (Fsp3) is 0.263. The molecule has 0 atom stereocenters. The lowest BCUT2D eigenvalue weighted by atomic mass is 10.1. The standard InChI is InChI=1S/C19H19ClN4O/c20-14-6-7-17-18(12-14)22-19(15-4-1-2-5-16(15)21-17)24-9-3-8-23(13-25)10-11-24/h1-2,4-7,12-13,21H,3,8-11H2. The Labute approximate surface area is 151 Å². The quantitative estimate of drug-likeness (QED) is 0.795. The summed E-state index contributed by atoms with van der Waals surface area (Å²) >= 11 is 6.18. The van der Waals surface area contributed by atoms with E-state index < -0.39 is 0 Å². The Morgan fingerprint density at radius 2 is 1.92 bits per heavy atom. The SMILES string of the molecule is O=CN1CCCN(C2=Nc3cc(Cl)ccc3Nc3ccccc32)CC1. The number of halogens is 1. The van der Waals surface area contributed by atoms with Crippen LogP contribution < -0.4 is 5.32 Å². The van der Waals surface area contributed by atoms with Crippen molar-refractivity contribution >= 4 is 40.9 Å². The first-order chi connectivity index (χ1) is 12.2. The third kappa shape index (κ3) is 3.20. The van der Waals surface area contributed by atoms with Crippen LogP contribution in [-0.4, -0.2) is 48.2 Å². The van der Waals surface area contributed by atoms with Gasteiger partial charge in [-0.15, -0.1) is 0 Å². The Morgan fingerprint density at radius 1 is 1.04 bits per heavy atom. The molecule has 0 aliphatic carbocycles. The second-order valence-corrected chi connectivity index (χ2v) is 6.69. The molecule has 2 aliphatic heterocycles. The molecule has 6 heteroatoms. The number of para-hydroxylation sites is 1. The van der Waals surface area contributed by atoms with E-state index in [9.17, 15) is 4.79 Å². The number of amidine groups is 1. The number of carbonyl (C=O) groups excluding carboxylic acids is 1. The zero-order valence-corrected chi connectivity index (χ0v) is 14.5. The number of amides is 1. The lowest BCUT2D eigenvalue weighted by Gasteiger charge is -2.25. The number of fused-ring (bicyclic) bond motifs is 2. The number of benzene rings is 2. The first-order valence-corrected chi connectivity index (χ1v) is 8.81. The van der Waals surface area contributed by atoms with Crippen molar-refractivity contribution in [3.8, 4) is 0 Å². The van der Waals surface area contributed by atoms with E-state index in [1.807, 2.05) is 35.2 Å². The average molecular weight is 355 g/mol. The molecule has 0 aromatic heterocycles. The Balaban J connectivity index is 1.79. The summed E-state index contributed by atoms with van der Waals surface area (Å²) in [4.78, 5) is 20.1. The molecule has 0 spiro atoms. The van der Waals surface area contributed by atoms with Crippen LogP contribution in [0, 0.1) is 0 Å². The van der Waals surface area contributed by atoms with Crippen LogP contribution in [0.4, 0.5) is 17.1 Å². The van der Waals surface area contributed by atoms with Gasteiger partial charge in [0.15, 0.2) is 0 Å². The highest BCUT2D eigenvalue weighted by Crippen LogP contribution is 2.36. The van der Waals surface area contributed by atoms with Crippen LogP contribution in [0.2, 0.25) is 5.02 Å². The van der Waals surface area contributed by atoms with Crippen molar-refractivity contribution in [1.29, 1.82) is 0 Å². The number of rotatable bonds is 1. The summed E-state index contributed by atoms with van der Waals surface area (Å²) in [6, 6.07) is 13.9. The van der Waals surface area contributed by atoms with Gasteiger partial charge in [-0.25, -0.2) is 4.99 Å². The molecule has 2 heterocycles. The number of hydrogen-bond acceptors (Lipinski definition) is 4. The summed E-state index contributed by atoms with van der Waals surface area (Å²) in [5, 5.41) is 4.13. The van der Waals surface area contributed by atoms with Gasteiger partial charge in [-0.2, -0.15) is 0 Å². The third-order valence-corrected chi connectivity index (χ3v) is 4.84. The van der Waals surface area contributed by atoms with Gasteiger partial charge < -0.3 is 15.1 Å². The lowest BCUT2D eigenvalue weighted by molar-refractivity contribution is -0.118. The monoisotopic (exact) mass is 354 g/mol. The largest absolute Gasteiger partial charge is 0.354 e. The van der Waals surface area contributed by atoms with Crippen molar-refractivity contribution in [2.24, 2.45) is 4.99 Å². The number of nitrogens with one attached hydrogen (secondary N) is 1. The zero-order valence-electron chi connectivity index (χ0n) is 13.8. The minimum Gasteiger partial charge on any atom is -0.354 e. The van der Waals surface area contributed by atoms with E-state index in [-0.39, 0.29) is 0 Å². The Morgan fingerprint density at radius 3 is 2.80 bits per heavy atom. The summed E-state index contributed by atoms with van der Waals surface area (Å²) < 4.78 is 0. The van der Waals surface area contributed by atoms with Gasteiger partial charge in [0.05, 0.1) is 11.4 Å². The first-order valence-electron chi connectivity index (χ1n) is 8.43. The molecule has 2 aromatic rings. The smallest absolute Gasteiger partial charge is 0.209 e. The Hall–Kier alpha value is -2.53. The molecule has 0 bridgehead atoms. The van der Waals surface area contributed by atoms with E-state index >= 15 is 0 Å². The highest BCUT2D eigenvalue weighted by Gasteiger charge is 2.23. The van der Waals surface area contributed by atoms with Gasteiger partial charge >= 0.3 is 0 Å². The predicted molar refractivity (Wildman–Crippen MR) is 101 cm³/mol. The average Bonchev–Trinajstić information content (AvgIpc) is 2.95. The molecule has 0 unspecified atom stereocenters.